The molecule has 0 aliphatic carbocycles. The number of aliphatic hydroxyl groups excluding tert-OH is 1. The van der Waals surface area contributed by atoms with Crippen molar-refractivity contribution in [3.8, 4) is 0 Å². The molecular weight excluding hydrogens is 224 g/mol. The Balaban J connectivity index is 2.41. The average Bonchev–Trinajstić information content (AvgIpc) is 2.19. The van der Waals surface area contributed by atoms with E-state index in [1.54, 1.807) is 6.08 Å². The second-order valence-corrected chi connectivity index (χ2v) is 4.38. The molecule has 1 aliphatic rings. The second kappa shape index (κ2) is 5.82. The van der Waals surface area contributed by atoms with Crippen LogP contribution in [0.15, 0.2) is 12.2 Å². The average molecular weight is 242 g/mol. The number of esters is 2. The van der Waals surface area contributed by atoms with Gasteiger partial charge in [0.05, 0.1) is 6.61 Å². The van der Waals surface area contributed by atoms with Gasteiger partial charge >= 0.3 is 11.9 Å². The molecule has 1 saturated heterocycles. The molecule has 0 amide bonds. The van der Waals surface area contributed by atoms with Crippen LogP contribution in [0.3, 0.4) is 0 Å². The monoisotopic (exact) mass is 242 g/mol. The summed E-state index contributed by atoms with van der Waals surface area (Å²) in [4.78, 5) is 23.1. The molecule has 0 bridgehead atoms. The third-order valence-electron chi connectivity index (χ3n) is 2.40. The van der Waals surface area contributed by atoms with E-state index in [1.807, 2.05) is 6.08 Å². The van der Waals surface area contributed by atoms with E-state index in [2.05, 4.69) is 0 Å². The molecule has 0 atom stereocenters. The third-order valence-corrected chi connectivity index (χ3v) is 2.40. The molecule has 0 radical (unpaired) electrons. The first kappa shape index (κ1) is 13.7. The summed E-state index contributed by atoms with van der Waals surface area (Å²) in [6, 6.07) is 0. The Morgan fingerprint density at radius 2 is 1.82 bits per heavy atom. The highest BCUT2D eigenvalue weighted by Crippen LogP contribution is 2.26. The van der Waals surface area contributed by atoms with E-state index < -0.39 is 23.6 Å². The van der Waals surface area contributed by atoms with Gasteiger partial charge in [-0.3, -0.25) is 9.59 Å². The van der Waals surface area contributed by atoms with E-state index >= 15 is 0 Å². The molecule has 0 saturated carbocycles. The van der Waals surface area contributed by atoms with Gasteiger partial charge in [-0.1, -0.05) is 12.2 Å². The lowest BCUT2D eigenvalue weighted by atomic mass is 10.0. The predicted octanol–water partition coefficient (Wildman–Crippen LogP) is 1.16. The van der Waals surface area contributed by atoms with Crippen LogP contribution in [0.5, 0.6) is 0 Å². The normalized spacial score (nSPS) is 20.4. The van der Waals surface area contributed by atoms with Gasteiger partial charge in [0.25, 0.3) is 5.79 Å². The highest BCUT2D eigenvalue weighted by Gasteiger charge is 2.42. The number of hydrogen-bond acceptors (Lipinski definition) is 5. The van der Waals surface area contributed by atoms with E-state index in [0.29, 0.717) is 19.3 Å². The fourth-order valence-corrected chi connectivity index (χ4v) is 1.61. The number of cyclic esters (lactones) is 2. The summed E-state index contributed by atoms with van der Waals surface area (Å²) in [6.07, 6.45) is 5.22. The van der Waals surface area contributed by atoms with E-state index in [9.17, 15) is 9.59 Å². The standard InChI is InChI=1S/C12H18O5/c1-12(2)16-10(14)9(11(15)17-12)7-5-3-4-6-8-13/h4,6,9,13H,3,5,7-8H2,1-2H3/b6-4+. The van der Waals surface area contributed by atoms with Crippen molar-refractivity contribution in [2.24, 2.45) is 5.92 Å². The van der Waals surface area contributed by atoms with Crippen LogP contribution in [-0.2, 0) is 19.1 Å². The highest BCUT2D eigenvalue weighted by atomic mass is 16.7. The number of unbranched alkanes of at least 4 members (excludes halogenated alkanes) is 1. The van der Waals surface area contributed by atoms with Gasteiger partial charge < -0.3 is 14.6 Å². The van der Waals surface area contributed by atoms with Gasteiger partial charge in [-0.05, 0) is 19.3 Å². The van der Waals surface area contributed by atoms with Crippen molar-refractivity contribution >= 4 is 11.9 Å². The van der Waals surface area contributed by atoms with Crippen molar-refractivity contribution in [2.45, 2.75) is 38.9 Å². The molecule has 0 spiro atoms. The molecular formula is C12H18O5. The lowest BCUT2D eigenvalue weighted by Gasteiger charge is -2.32. The Hall–Kier alpha value is -1.36. The summed E-state index contributed by atoms with van der Waals surface area (Å²) < 4.78 is 9.99. The molecule has 1 rings (SSSR count). The molecule has 17 heavy (non-hydrogen) atoms. The van der Waals surface area contributed by atoms with Gasteiger partial charge in [-0.15, -0.1) is 0 Å². The number of allylic oxidation sites excluding steroid dienone is 1. The summed E-state index contributed by atoms with van der Waals surface area (Å²) in [5.41, 5.74) is 0. The van der Waals surface area contributed by atoms with Crippen molar-refractivity contribution < 1.29 is 24.2 Å². The first-order valence-electron chi connectivity index (χ1n) is 5.68. The maximum absolute atomic E-state index is 11.6. The molecule has 0 aromatic rings. The number of ether oxygens (including phenoxy) is 2. The minimum atomic E-state index is -1.15. The largest absolute Gasteiger partial charge is 0.422 e. The molecule has 5 heteroatoms. The van der Waals surface area contributed by atoms with E-state index in [-0.39, 0.29) is 6.61 Å². The third kappa shape index (κ3) is 4.19. The van der Waals surface area contributed by atoms with Crippen molar-refractivity contribution in [3.05, 3.63) is 12.2 Å². The second-order valence-electron chi connectivity index (χ2n) is 4.38. The van der Waals surface area contributed by atoms with Crippen LogP contribution in [0.2, 0.25) is 0 Å². The van der Waals surface area contributed by atoms with E-state index in [4.69, 9.17) is 14.6 Å². The van der Waals surface area contributed by atoms with Crippen LogP contribution in [0, 0.1) is 5.92 Å². The number of hydrogen-bond donors (Lipinski definition) is 1. The van der Waals surface area contributed by atoms with Crippen LogP contribution in [-0.4, -0.2) is 29.4 Å². The van der Waals surface area contributed by atoms with Crippen LogP contribution >= 0.6 is 0 Å². The summed E-state index contributed by atoms with van der Waals surface area (Å²) in [6.45, 7) is 3.06. The summed E-state index contributed by atoms with van der Waals surface area (Å²) >= 11 is 0. The summed E-state index contributed by atoms with van der Waals surface area (Å²) in [5, 5.41) is 8.52. The molecule has 1 heterocycles. The molecule has 96 valence electrons. The molecule has 0 aromatic heterocycles. The maximum Gasteiger partial charge on any atom is 0.323 e. The fraction of sp³-hybridized carbons (Fsp3) is 0.667. The van der Waals surface area contributed by atoms with Crippen molar-refractivity contribution in [2.75, 3.05) is 6.61 Å². The lowest BCUT2D eigenvalue weighted by molar-refractivity contribution is -0.240. The van der Waals surface area contributed by atoms with Crippen molar-refractivity contribution in [3.63, 3.8) is 0 Å². The number of carbonyl (C=O) groups excluding carboxylic acids is 2. The zero-order chi connectivity index (χ0) is 12.9. The van der Waals surface area contributed by atoms with Gasteiger partial charge in [0.15, 0.2) is 5.92 Å². The number of aliphatic hydroxyl groups is 1. The zero-order valence-electron chi connectivity index (χ0n) is 10.1. The summed E-state index contributed by atoms with van der Waals surface area (Å²) in [5.74, 6) is -3.00. The van der Waals surface area contributed by atoms with Gasteiger partial charge in [0.1, 0.15) is 0 Å². The Morgan fingerprint density at radius 3 is 2.35 bits per heavy atom. The number of carbonyl (C=O) groups is 2. The Labute approximate surface area is 100 Å². The highest BCUT2D eigenvalue weighted by molar-refractivity contribution is 5.96. The van der Waals surface area contributed by atoms with Crippen LogP contribution in [0.25, 0.3) is 0 Å². The SMILES string of the molecule is CC1(C)OC(=O)C(CCC/C=C/CO)C(=O)O1. The van der Waals surface area contributed by atoms with Crippen LogP contribution in [0.4, 0.5) is 0 Å². The first-order valence-corrected chi connectivity index (χ1v) is 5.68. The molecule has 1 aliphatic heterocycles. The van der Waals surface area contributed by atoms with E-state index in [0.717, 1.165) is 0 Å². The lowest BCUT2D eigenvalue weighted by Crippen LogP contribution is -2.46. The van der Waals surface area contributed by atoms with Gasteiger partial charge in [-0.25, -0.2) is 0 Å². The number of rotatable bonds is 5. The molecule has 1 fully saturated rings. The topological polar surface area (TPSA) is 72.8 Å². The fourth-order valence-electron chi connectivity index (χ4n) is 1.61. The maximum atomic E-state index is 11.6. The molecule has 0 aromatic carbocycles. The quantitative estimate of drug-likeness (QED) is 0.339. The van der Waals surface area contributed by atoms with Gasteiger partial charge in [0, 0.05) is 13.8 Å². The predicted molar refractivity (Wildman–Crippen MR) is 59.8 cm³/mol. The first-order chi connectivity index (χ1) is 7.96. The Morgan fingerprint density at radius 1 is 1.24 bits per heavy atom. The Kier molecular flexibility index (Phi) is 4.69. The van der Waals surface area contributed by atoms with Crippen LogP contribution in [0.1, 0.15) is 33.1 Å². The molecule has 5 nitrogen and oxygen atoms in total. The zero-order valence-corrected chi connectivity index (χ0v) is 10.1. The molecule has 1 N–H and O–H groups in total. The molecule has 0 unspecified atom stereocenters. The van der Waals surface area contributed by atoms with Gasteiger partial charge in [0.2, 0.25) is 0 Å². The van der Waals surface area contributed by atoms with Crippen molar-refractivity contribution in [1.82, 2.24) is 0 Å². The van der Waals surface area contributed by atoms with E-state index in [1.165, 1.54) is 13.8 Å². The van der Waals surface area contributed by atoms with Gasteiger partial charge in [-0.2, -0.15) is 0 Å². The van der Waals surface area contributed by atoms with Crippen LogP contribution < -0.4 is 0 Å². The minimum Gasteiger partial charge on any atom is -0.422 e. The summed E-state index contributed by atoms with van der Waals surface area (Å²) in [7, 11) is 0. The Bertz CT molecular complexity index is 299. The van der Waals surface area contributed by atoms with Crippen molar-refractivity contribution in [1.29, 1.82) is 0 Å². The smallest absolute Gasteiger partial charge is 0.323 e. The minimum absolute atomic E-state index is 0.00169.